The van der Waals surface area contributed by atoms with Gasteiger partial charge in [0.2, 0.25) is 0 Å². The summed E-state index contributed by atoms with van der Waals surface area (Å²) in [4.78, 5) is 0. The number of benzene rings is 2. The van der Waals surface area contributed by atoms with Gasteiger partial charge in [0.25, 0.3) is 0 Å². The molecule has 0 N–H and O–H groups in total. The van der Waals surface area contributed by atoms with Crippen LogP contribution >= 0.6 is 0 Å². The lowest BCUT2D eigenvalue weighted by atomic mass is 9.92. The number of rotatable bonds is 2. The first-order valence-corrected chi connectivity index (χ1v) is 6.85. The van der Waals surface area contributed by atoms with Crippen LogP contribution < -0.4 is 0 Å². The molecule has 2 aromatic rings. The summed E-state index contributed by atoms with van der Waals surface area (Å²) in [5.74, 6) is 0. The van der Waals surface area contributed by atoms with Crippen molar-refractivity contribution in [3.8, 4) is 17.2 Å². The Morgan fingerprint density at radius 2 is 1.75 bits per heavy atom. The Kier molecular flexibility index (Phi) is 3.48. The van der Waals surface area contributed by atoms with E-state index in [2.05, 4.69) is 42.5 Å². The topological polar surface area (TPSA) is 23.8 Å². The Balaban J connectivity index is 2.11. The summed E-state index contributed by atoms with van der Waals surface area (Å²) in [7, 11) is 0. The van der Waals surface area contributed by atoms with E-state index < -0.39 is 0 Å². The number of allylic oxidation sites excluding steroid dienone is 4. The van der Waals surface area contributed by atoms with E-state index in [4.69, 9.17) is 0 Å². The number of nitrogens with zero attached hydrogens (tertiary/aromatic N) is 1. The molecule has 0 saturated carbocycles. The zero-order chi connectivity index (χ0) is 13.8. The maximum Gasteiger partial charge on any atom is 0.0998 e. The molecule has 0 saturated heterocycles. The lowest BCUT2D eigenvalue weighted by molar-refractivity contribution is 1.04. The van der Waals surface area contributed by atoms with Gasteiger partial charge < -0.3 is 0 Å². The third-order valence-corrected chi connectivity index (χ3v) is 3.55. The predicted molar refractivity (Wildman–Crippen MR) is 82.9 cm³/mol. The van der Waals surface area contributed by atoms with Crippen LogP contribution in [0.15, 0.2) is 66.8 Å². The Bertz CT molecular complexity index is 715. The Morgan fingerprint density at radius 1 is 0.900 bits per heavy atom. The van der Waals surface area contributed by atoms with Gasteiger partial charge in [-0.1, -0.05) is 54.6 Å². The molecular weight excluding hydrogens is 242 g/mol. The van der Waals surface area contributed by atoms with Crippen molar-refractivity contribution in [2.24, 2.45) is 0 Å². The fraction of sp³-hybridized carbons (Fsp3) is 0.105. The van der Waals surface area contributed by atoms with E-state index in [0.29, 0.717) is 0 Å². The van der Waals surface area contributed by atoms with Gasteiger partial charge in [0.05, 0.1) is 11.6 Å². The van der Waals surface area contributed by atoms with Gasteiger partial charge in [-0.05, 0) is 47.2 Å². The summed E-state index contributed by atoms with van der Waals surface area (Å²) in [5.41, 5.74) is 5.26. The summed E-state index contributed by atoms with van der Waals surface area (Å²) in [6.07, 6.45) is 8.64. The maximum absolute atomic E-state index is 9.31. The minimum atomic E-state index is 0.738. The van der Waals surface area contributed by atoms with Gasteiger partial charge >= 0.3 is 0 Å². The molecule has 1 aliphatic carbocycles. The van der Waals surface area contributed by atoms with E-state index in [0.717, 1.165) is 35.1 Å². The molecular formula is C19H15N. The smallest absolute Gasteiger partial charge is 0.0998 e. The van der Waals surface area contributed by atoms with E-state index in [1.54, 1.807) is 0 Å². The van der Waals surface area contributed by atoms with E-state index in [1.165, 1.54) is 5.56 Å². The molecule has 0 amide bonds. The van der Waals surface area contributed by atoms with Crippen LogP contribution in [0, 0.1) is 11.3 Å². The standard InChI is InChI=1S/C19H15N/c20-14-18-12-11-17(15-7-3-1-4-8-15)13-19(18)16-9-5-2-6-10-16/h1,3-5,7-13H,2,6H2. The molecule has 0 aromatic heterocycles. The van der Waals surface area contributed by atoms with Crippen LogP contribution in [0.4, 0.5) is 0 Å². The largest absolute Gasteiger partial charge is 0.192 e. The van der Waals surface area contributed by atoms with Crippen molar-refractivity contribution in [1.29, 1.82) is 5.26 Å². The highest BCUT2D eigenvalue weighted by Crippen LogP contribution is 2.29. The van der Waals surface area contributed by atoms with Gasteiger partial charge in [-0.25, -0.2) is 0 Å². The molecule has 1 heteroatoms. The summed E-state index contributed by atoms with van der Waals surface area (Å²) >= 11 is 0. The number of hydrogen-bond acceptors (Lipinski definition) is 1. The lowest BCUT2D eigenvalue weighted by Crippen LogP contribution is -1.92. The Hall–Kier alpha value is -2.59. The van der Waals surface area contributed by atoms with Crippen molar-refractivity contribution in [2.75, 3.05) is 0 Å². The fourth-order valence-corrected chi connectivity index (χ4v) is 2.50. The van der Waals surface area contributed by atoms with E-state index in [9.17, 15) is 5.26 Å². The molecule has 2 aromatic carbocycles. The molecule has 1 aliphatic rings. The molecule has 0 spiro atoms. The molecule has 0 radical (unpaired) electrons. The zero-order valence-electron chi connectivity index (χ0n) is 11.2. The highest BCUT2D eigenvalue weighted by atomic mass is 14.2. The Labute approximate surface area is 119 Å². The van der Waals surface area contributed by atoms with Gasteiger partial charge in [0, 0.05) is 0 Å². The first kappa shape index (κ1) is 12.4. The highest BCUT2D eigenvalue weighted by Gasteiger charge is 2.09. The van der Waals surface area contributed by atoms with Crippen LogP contribution in [-0.2, 0) is 0 Å². The van der Waals surface area contributed by atoms with E-state index >= 15 is 0 Å². The molecule has 0 bridgehead atoms. The number of nitriles is 1. The molecule has 1 nitrogen and oxygen atoms in total. The molecule has 96 valence electrons. The molecule has 0 unspecified atom stereocenters. The van der Waals surface area contributed by atoms with Gasteiger partial charge in [-0.15, -0.1) is 0 Å². The molecule has 3 rings (SSSR count). The van der Waals surface area contributed by atoms with Gasteiger partial charge in [0.1, 0.15) is 0 Å². The fourth-order valence-electron chi connectivity index (χ4n) is 2.50. The first-order valence-electron chi connectivity index (χ1n) is 6.85. The lowest BCUT2D eigenvalue weighted by Gasteiger charge is -2.11. The van der Waals surface area contributed by atoms with Gasteiger partial charge in [0.15, 0.2) is 0 Å². The van der Waals surface area contributed by atoms with Crippen LogP contribution in [0.3, 0.4) is 0 Å². The van der Waals surface area contributed by atoms with Gasteiger partial charge in [-0.2, -0.15) is 5.26 Å². The maximum atomic E-state index is 9.31. The average molecular weight is 257 g/mol. The molecule has 20 heavy (non-hydrogen) atoms. The number of hydrogen-bond donors (Lipinski definition) is 0. The normalized spacial score (nSPS) is 13.7. The van der Waals surface area contributed by atoms with E-state index in [1.807, 2.05) is 30.3 Å². The second kappa shape index (κ2) is 5.59. The van der Waals surface area contributed by atoms with E-state index in [-0.39, 0.29) is 0 Å². The predicted octanol–water partition coefficient (Wildman–Crippen LogP) is 4.96. The molecule has 0 aliphatic heterocycles. The quantitative estimate of drug-likeness (QED) is 0.746. The Morgan fingerprint density at radius 3 is 2.45 bits per heavy atom. The minimum absolute atomic E-state index is 0.738. The van der Waals surface area contributed by atoms with Crippen molar-refractivity contribution in [3.05, 3.63) is 77.9 Å². The summed E-state index contributed by atoms with van der Waals surface area (Å²) < 4.78 is 0. The summed E-state index contributed by atoms with van der Waals surface area (Å²) in [6, 6.07) is 18.6. The monoisotopic (exact) mass is 257 g/mol. The minimum Gasteiger partial charge on any atom is -0.192 e. The molecule has 0 fully saturated rings. The second-order valence-electron chi connectivity index (χ2n) is 4.88. The highest BCUT2D eigenvalue weighted by molar-refractivity contribution is 5.81. The first-order chi connectivity index (χ1) is 9.88. The second-order valence-corrected chi connectivity index (χ2v) is 4.88. The average Bonchev–Trinajstić information content (AvgIpc) is 2.56. The van der Waals surface area contributed by atoms with Crippen molar-refractivity contribution < 1.29 is 0 Å². The zero-order valence-corrected chi connectivity index (χ0v) is 11.2. The summed E-state index contributed by atoms with van der Waals surface area (Å²) in [5, 5.41) is 9.31. The third-order valence-electron chi connectivity index (χ3n) is 3.55. The van der Waals surface area contributed by atoms with Crippen LogP contribution in [0.2, 0.25) is 0 Å². The van der Waals surface area contributed by atoms with Crippen molar-refractivity contribution in [3.63, 3.8) is 0 Å². The van der Waals surface area contributed by atoms with Crippen LogP contribution in [0.1, 0.15) is 24.0 Å². The molecule has 0 heterocycles. The SMILES string of the molecule is N#Cc1ccc(-c2ccccc2)cc1C1=CCCC=C1. The van der Waals surface area contributed by atoms with Crippen LogP contribution in [-0.4, -0.2) is 0 Å². The van der Waals surface area contributed by atoms with Crippen molar-refractivity contribution >= 4 is 5.57 Å². The molecule has 0 atom stereocenters. The van der Waals surface area contributed by atoms with Crippen LogP contribution in [0.5, 0.6) is 0 Å². The van der Waals surface area contributed by atoms with Crippen molar-refractivity contribution in [1.82, 2.24) is 0 Å². The van der Waals surface area contributed by atoms with Gasteiger partial charge in [-0.3, -0.25) is 0 Å². The van der Waals surface area contributed by atoms with Crippen molar-refractivity contribution in [2.45, 2.75) is 12.8 Å². The van der Waals surface area contributed by atoms with Crippen LogP contribution in [0.25, 0.3) is 16.7 Å². The third kappa shape index (κ3) is 2.41. The summed E-state index contributed by atoms with van der Waals surface area (Å²) in [6.45, 7) is 0.